The van der Waals surface area contributed by atoms with Gasteiger partial charge in [0.25, 0.3) is 5.69 Å². The maximum Gasteiger partial charge on any atom is 0.295 e. The van der Waals surface area contributed by atoms with Crippen LogP contribution in [0.3, 0.4) is 0 Å². The Hall–Kier alpha value is -1.40. The Morgan fingerprint density at radius 3 is 2.83 bits per heavy atom. The van der Waals surface area contributed by atoms with E-state index in [1.807, 2.05) is 0 Å². The van der Waals surface area contributed by atoms with Crippen molar-refractivity contribution in [2.45, 2.75) is 12.8 Å². The summed E-state index contributed by atoms with van der Waals surface area (Å²) in [6.07, 6.45) is 1.63. The maximum atomic E-state index is 13.1. The van der Waals surface area contributed by atoms with Crippen LogP contribution in [0.2, 0.25) is 5.02 Å². The highest BCUT2D eigenvalue weighted by Gasteiger charge is 2.17. The minimum atomic E-state index is -0.798. The van der Waals surface area contributed by atoms with Gasteiger partial charge in [0.1, 0.15) is 11.5 Å². The number of anilines is 1. The predicted molar refractivity (Wildman–Crippen MR) is 67.7 cm³/mol. The molecular weight excluding hydrogens is 263 g/mol. The normalized spacial score (nSPS) is 10.4. The molecule has 5 nitrogen and oxygen atoms in total. The van der Waals surface area contributed by atoms with E-state index < -0.39 is 10.7 Å². The fourth-order valence-corrected chi connectivity index (χ4v) is 1.59. The number of ether oxygens (including phenoxy) is 1. The van der Waals surface area contributed by atoms with Crippen LogP contribution in [-0.2, 0) is 4.74 Å². The number of nitro groups is 1. The van der Waals surface area contributed by atoms with Crippen molar-refractivity contribution in [3.63, 3.8) is 0 Å². The number of benzene rings is 1. The number of unbranched alkanes of at least 4 members (excludes halogenated alkanes) is 1. The Morgan fingerprint density at radius 2 is 2.22 bits per heavy atom. The quantitative estimate of drug-likeness (QED) is 0.472. The maximum absolute atomic E-state index is 13.1. The SMILES string of the molecule is COCCCCNc1cc(Cl)c(F)cc1[N+](=O)[O-]. The van der Waals surface area contributed by atoms with Gasteiger partial charge < -0.3 is 10.1 Å². The van der Waals surface area contributed by atoms with Gasteiger partial charge in [-0.2, -0.15) is 0 Å². The number of hydrogen-bond acceptors (Lipinski definition) is 4. The van der Waals surface area contributed by atoms with E-state index in [0.717, 1.165) is 18.9 Å². The van der Waals surface area contributed by atoms with Gasteiger partial charge >= 0.3 is 0 Å². The minimum Gasteiger partial charge on any atom is -0.385 e. The molecule has 0 aromatic heterocycles. The van der Waals surface area contributed by atoms with E-state index in [1.54, 1.807) is 7.11 Å². The molecule has 0 aliphatic carbocycles. The molecular formula is C11H14ClFN2O3. The lowest BCUT2D eigenvalue weighted by Crippen LogP contribution is -2.06. The fourth-order valence-electron chi connectivity index (χ4n) is 1.42. The van der Waals surface area contributed by atoms with Crippen molar-refractivity contribution in [2.24, 2.45) is 0 Å². The lowest BCUT2D eigenvalue weighted by molar-refractivity contribution is -0.384. The molecule has 0 heterocycles. The van der Waals surface area contributed by atoms with Crippen LogP contribution in [0.4, 0.5) is 15.8 Å². The second-order valence-electron chi connectivity index (χ2n) is 3.67. The lowest BCUT2D eigenvalue weighted by atomic mass is 10.2. The monoisotopic (exact) mass is 276 g/mol. The summed E-state index contributed by atoms with van der Waals surface area (Å²) in [5, 5.41) is 13.5. The molecule has 1 N–H and O–H groups in total. The molecule has 1 rings (SSSR count). The second-order valence-corrected chi connectivity index (χ2v) is 4.07. The van der Waals surface area contributed by atoms with Gasteiger partial charge in [-0.3, -0.25) is 10.1 Å². The molecule has 0 fully saturated rings. The minimum absolute atomic E-state index is 0.139. The molecule has 0 unspecified atom stereocenters. The van der Waals surface area contributed by atoms with E-state index in [4.69, 9.17) is 16.3 Å². The molecule has 0 aliphatic heterocycles. The van der Waals surface area contributed by atoms with Crippen molar-refractivity contribution in [2.75, 3.05) is 25.6 Å². The summed E-state index contributed by atoms with van der Waals surface area (Å²) in [5.41, 5.74) is -0.0903. The zero-order valence-electron chi connectivity index (χ0n) is 9.91. The summed E-state index contributed by atoms with van der Waals surface area (Å²) in [4.78, 5) is 10.1. The van der Waals surface area contributed by atoms with Gasteiger partial charge in [-0.05, 0) is 18.9 Å². The number of nitrogens with zero attached hydrogens (tertiary/aromatic N) is 1. The van der Waals surface area contributed by atoms with Crippen molar-refractivity contribution in [3.05, 3.63) is 33.1 Å². The number of nitro benzene ring substituents is 1. The Balaban J connectivity index is 2.68. The van der Waals surface area contributed by atoms with Crippen LogP contribution in [0.5, 0.6) is 0 Å². The Bertz CT molecular complexity index is 429. The smallest absolute Gasteiger partial charge is 0.295 e. The number of rotatable bonds is 7. The Kier molecular flexibility index (Phi) is 5.80. The van der Waals surface area contributed by atoms with Crippen molar-refractivity contribution in [1.82, 2.24) is 0 Å². The van der Waals surface area contributed by atoms with Gasteiger partial charge in [0.2, 0.25) is 0 Å². The molecule has 0 atom stereocenters. The molecule has 0 bridgehead atoms. The largest absolute Gasteiger partial charge is 0.385 e. The molecule has 0 amide bonds. The average Bonchev–Trinajstić information content (AvgIpc) is 2.32. The molecule has 7 heteroatoms. The van der Waals surface area contributed by atoms with Crippen LogP contribution in [0.25, 0.3) is 0 Å². The molecule has 0 spiro atoms. The summed E-state index contributed by atoms with van der Waals surface area (Å²) in [5.74, 6) is -0.798. The first-order valence-electron chi connectivity index (χ1n) is 5.42. The lowest BCUT2D eigenvalue weighted by Gasteiger charge is -2.07. The van der Waals surface area contributed by atoms with Crippen molar-refractivity contribution in [1.29, 1.82) is 0 Å². The highest BCUT2D eigenvalue weighted by molar-refractivity contribution is 6.31. The van der Waals surface area contributed by atoms with Gasteiger partial charge in [0.15, 0.2) is 0 Å². The summed E-state index contributed by atoms with van der Waals surface area (Å²) < 4.78 is 18.0. The van der Waals surface area contributed by atoms with E-state index in [2.05, 4.69) is 5.32 Å². The number of halogens is 2. The average molecular weight is 277 g/mol. The van der Waals surface area contributed by atoms with Crippen LogP contribution in [-0.4, -0.2) is 25.2 Å². The summed E-state index contributed by atoms with van der Waals surface area (Å²) in [6.45, 7) is 1.17. The van der Waals surface area contributed by atoms with Gasteiger partial charge in [-0.25, -0.2) is 4.39 Å². The van der Waals surface area contributed by atoms with E-state index in [0.29, 0.717) is 13.2 Å². The number of hydrogen-bond donors (Lipinski definition) is 1. The molecule has 1 aromatic carbocycles. The second kappa shape index (κ2) is 7.13. The highest BCUT2D eigenvalue weighted by Crippen LogP contribution is 2.30. The first kappa shape index (κ1) is 14.7. The van der Waals surface area contributed by atoms with E-state index >= 15 is 0 Å². The van der Waals surface area contributed by atoms with Crippen LogP contribution in [0, 0.1) is 15.9 Å². The Morgan fingerprint density at radius 1 is 1.50 bits per heavy atom. The molecule has 0 aliphatic rings. The zero-order valence-corrected chi connectivity index (χ0v) is 10.7. The Labute approximate surface area is 109 Å². The molecule has 0 saturated carbocycles. The summed E-state index contributed by atoms with van der Waals surface area (Å²) in [6, 6.07) is 2.05. The van der Waals surface area contributed by atoms with E-state index in [9.17, 15) is 14.5 Å². The summed E-state index contributed by atoms with van der Waals surface area (Å²) in [7, 11) is 1.61. The van der Waals surface area contributed by atoms with Crippen LogP contribution in [0.1, 0.15) is 12.8 Å². The third kappa shape index (κ3) is 4.12. The van der Waals surface area contributed by atoms with Crippen LogP contribution in [0.15, 0.2) is 12.1 Å². The fraction of sp³-hybridized carbons (Fsp3) is 0.455. The first-order chi connectivity index (χ1) is 8.56. The van der Waals surface area contributed by atoms with Crippen LogP contribution >= 0.6 is 11.6 Å². The van der Waals surface area contributed by atoms with E-state index in [1.165, 1.54) is 6.07 Å². The molecule has 0 saturated heterocycles. The topological polar surface area (TPSA) is 64.4 Å². The van der Waals surface area contributed by atoms with Crippen LogP contribution < -0.4 is 5.32 Å². The third-order valence-electron chi connectivity index (χ3n) is 2.33. The predicted octanol–water partition coefficient (Wildman–Crippen LogP) is 3.23. The first-order valence-corrected chi connectivity index (χ1v) is 5.80. The van der Waals surface area contributed by atoms with Gasteiger partial charge in [0.05, 0.1) is 16.0 Å². The van der Waals surface area contributed by atoms with Gasteiger partial charge in [-0.1, -0.05) is 11.6 Å². The third-order valence-corrected chi connectivity index (χ3v) is 2.62. The standard InChI is InChI=1S/C11H14ClFN2O3/c1-18-5-3-2-4-14-10-6-8(12)9(13)7-11(10)15(16)17/h6-7,14H,2-5H2,1H3. The van der Waals surface area contributed by atoms with Crippen molar-refractivity contribution in [3.8, 4) is 0 Å². The highest BCUT2D eigenvalue weighted by atomic mass is 35.5. The number of methoxy groups -OCH3 is 1. The van der Waals surface area contributed by atoms with Gasteiger partial charge in [-0.15, -0.1) is 0 Å². The van der Waals surface area contributed by atoms with Gasteiger partial charge in [0, 0.05) is 20.3 Å². The molecule has 18 heavy (non-hydrogen) atoms. The number of nitrogens with one attached hydrogen (secondary N) is 1. The molecule has 1 aromatic rings. The summed E-state index contributed by atoms with van der Waals surface area (Å²) >= 11 is 5.60. The van der Waals surface area contributed by atoms with Crippen molar-refractivity contribution >= 4 is 23.0 Å². The zero-order chi connectivity index (χ0) is 13.5. The molecule has 100 valence electrons. The van der Waals surface area contributed by atoms with E-state index in [-0.39, 0.29) is 16.4 Å². The van der Waals surface area contributed by atoms with Crippen molar-refractivity contribution < 1.29 is 14.1 Å². The molecule has 0 radical (unpaired) electrons.